The second kappa shape index (κ2) is 5.57. The Morgan fingerprint density at radius 3 is 2.35 bits per heavy atom. The van der Waals surface area contributed by atoms with Crippen LogP contribution in [-0.2, 0) is 10.0 Å². The SMILES string of the molecule is Cc1nn(C(C)C)cc1S(=O)(=O)Nc1ccc(Br)cc1. The molecule has 0 aliphatic rings. The molecular formula is C13H16BrN3O2S. The highest BCUT2D eigenvalue weighted by atomic mass is 79.9. The van der Waals surface area contributed by atoms with E-state index in [1.165, 1.54) is 0 Å². The van der Waals surface area contributed by atoms with Gasteiger partial charge in [-0.1, -0.05) is 15.9 Å². The van der Waals surface area contributed by atoms with Crippen LogP contribution in [0.5, 0.6) is 0 Å². The molecule has 5 nitrogen and oxygen atoms in total. The fourth-order valence-corrected chi connectivity index (χ4v) is 3.22. The second-order valence-corrected chi connectivity index (χ2v) is 7.33. The highest BCUT2D eigenvalue weighted by Crippen LogP contribution is 2.21. The number of hydrogen-bond donors (Lipinski definition) is 1. The molecule has 2 aromatic rings. The van der Waals surface area contributed by atoms with Crippen molar-refractivity contribution in [2.24, 2.45) is 0 Å². The van der Waals surface area contributed by atoms with Crippen molar-refractivity contribution in [3.63, 3.8) is 0 Å². The number of anilines is 1. The monoisotopic (exact) mass is 357 g/mol. The molecule has 0 aliphatic carbocycles. The summed E-state index contributed by atoms with van der Waals surface area (Å²) in [4.78, 5) is 0.203. The standard InChI is InChI=1S/C13H16BrN3O2S/c1-9(2)17-8-13(10(3)15-17)20(18,19)16-12-6-4-11(14)5-7-12/h4-9,16H,1-3H3. The highest BCUT2D eigenvalue weighted by Gasteiger charge is 2.21. The summed E-state index contributed by atoms with van der Waals surface area (Å²) in [6.45, 7) is 5.59. The number of rotatable bonds is 4. The Hall–Kier alpha value is -1.34. The van der Waals surface area contributed by atoms with E-state index < -0.39 is 10.0 Å². The van der Waals surface area contributed by atoms with Gasteiger partial charge in [-0.25, -0.2) is 8.42 Å². The van der Waals surface area contributed by atoms with E-state index in [4.69, 9.17) is 0 Å². The maximum atomic E-state index is 12.4. The molecule has 0 amide bonds. The van der Waals surface area contributed by atoms with Crippen molar-refractivity contribution in [2.75, 3.05) is 4.72 Å². The highest BCUT2D eigenvalue weighted by molar-refractivity contribution is 9.10. The molecule has 0 bridgehead atoms. The van der Waals surface area contributed by atoms with Gasteiger partial charge in [-0.05, 0) is 45.0 Å². The number of nitrogens with zero attached hydrogens (tertiary/aromatic N) is 2. The molecule has 0 spiro atoms. The molecule has 1 aromatic carbocycles. The van der Waals surface area contributed by atoms with Crippen LogP contribution in [0.1, 0.15) is 25.6 Å². The number of halogens is 1. The predicted molar refractivity (Wildman–Crippen MR) is 82.3 cm³/mol. The van der Waals surface area contributed by atoms with Gasteiger partial charge in [0.25, 0.3) is 10.0 Å². The van der Waals surface area contributed by atoms with Crippen molar-refractivity contribution in [1.29, 1.82) is 0 Å². The number of benzene rings is 1. The lowest BCUT2D eigenvalue weighted by atomic mass is 10.3. The first-order chi connectivity index (χ1) is 9.29. The minimum atomic E-state index is -3.62. The van der Waals surface area contributed by atoms with Gasteiger partial charge in [-0.2, -0.15) is 5.10 Å². The molecule has 108 valence electrons. The van der Waals surface area contributed by atoms with Crippen LogP contribution in [0, 0.1) is 6.92 Å². The van der Waals surface area contributed by atoms with Gasteiger partial charge in [-0.15, -0.1) is 0 Å². The molecule has 20 heavy (non-hydrogen) atoms. The van der Waals surface area contributed by atoms with E-state index in [9.17, 15) is 8.42 Å². The minimum Gasteiger partial charge on any atom is -0.280 e. The van der Waals surface area contributed by atoms with Gasteiger partial charge in [0.15, 0.2) is 0 Å². The third-order valence-electron chi connectivity index (χ3n) is 2.79. The summed E-state index contributed by atoms with van der Waals surface area (Å²) < 4.78 is 29.8. The molecule has 0 saturated carbocycles. The van der Waals surface area contributed by atoms with Crippen molar-refractivity contribution < 1.29 is 8.42 Å². The molecule has 0 saturated heterocycles. The third kappa shape index (κ3) is 3.21. The number of nitrogens with one attached hydrogen (secondary N) is 1. The molecule has 0 aliphatic heterocycles. The van der Waals surface area contributed by atoms with Crippen LogP contribution >= 0.6 is 15.9 Å². The first-order valence-corrected chi connectivity index (χ1v) is 8.41. The molecule has 0 radical (unpaired) electrons. The van der Waals surface area contributed by atoms with Crippen LogP contribution in [0.4, 0.5) is 5.69 Å². The van der Waals surface area contributed by atoms with Crippen molar-refractivity contribution in [3.05, 3.63) is 40.6 Å². The molecular weight excluding hydrogens is 342 g/mol. The van der Waals surface area contributed by atoms with Gasteiger partial charge in [-0.3, -0.25) is 9.40 Å². The average molecular weight is 358 g/mol. The van der Waals surface area contributed by atoms with E-state index >= 15 is 0 Å². The zero-order valence-corrected chi connectivity index (χ0v) is 13.9. The van der Waals surface area contributed by atoms with Gasteiger partial charge in [0.05, 0.1) is 5.69 Å². The quantitative estimate of drug-likeness (QED) is 0.912. The van der Waals surface area contributed by atoms with E-state index in [1.54, 1.807) is 42.1 Å². The Morgan fingerprint density at radius 2 is 1.85 bits per heavy atom. The smallest absolute Gasteiger partial charge is 0.265 e. The van der Waals surface area contributed by atoms with Crippen LogP contribution in [0.2, 0.25) is 0 Å². The van der Waals surface area contributed by atoms with Crippen LogP contribution in [0.15, 0.2) is 39.8 Å². The van der Waals surface area contributed by atoms with E-state index in [2.05, 4.69) is 25.8 Å². The Kier molecular flexibility index (Phi) is 4.19. The summed E-state index contributed by atoms with van der Waals surface area (Å²) in [6.07, 6.45) is 1.56. The Labute approximate surface area is 127 Å². The molecule has 1 heterocycles. The van der Waals surface area contributed by atoms with E-state index in [0.29, 0.717) is 11.4 Å². The molecule has 0 unspecified atom stereocenters. The van der Waals surface area contributed by atoms with E-state index in [-0.39, 0.29) is 10.9 Å². The predicted octanol–water partition coefficient (Wildman–Crippen LogP) is 3.34. The molecule has 0 atom stereocenters. The number of aromatic nitrogens is 2. The third-order valence-corrected chi connectivity index (χ3v) is 4.80. The molecule has 0 fully saturated rings. The zero-order chi connectivity index (χ0) is 14.9. The number of hydrogen-bond acceptors (Lipinski definition) is 3. The lowest BCUT2D eigenvalue weighted by molar-refractivity contribution is 0.528. The van der Waals surface area contributed by atoms with Gasteiger partial charge < -0.3 is 0 Å². The summed E-state index contributed by atoms with van der Waals surface area (Å²) in [6, 6.07) is 7.07. The summed E-state index contributed by atoms with van der Waals surface area (Å²) in [5, 5.41) is 4.22. The Balaban J connectivity index is 2.33. The average Bonchev–Trinajstić information content (AvgIpc) is 2.75. The molecule has 2 rings (SSSR count). The maximum absolute atomic E-state index is 12.4. The lowest BCUT2D eigenvalue weighted by Gasteiger charge is -2.07. The summed E-state index contributed by atoms with van der Waals surface area (Å²) in [5.41, 5.74) is 1.01. The van der Waals surface area contributed by atoms with Gasteiger partial charge >= 0.3 is 0 Å². The van der Waals surface area contributed by atoms with Crippen molar-refractivity contribution >= 4 is 31.6 Å². The molecule has 1 aromatic heterocycles. The summed E-state index contributed by atoms with van der Waals surface area (Å²) in [5.74, 6) is 0. The fourth-order valence-electron chi connectivity index (χ4n) is 1.72. The first kappa shape index (κ1) is 15.1. The van der Waals surface area contributed by atoms with Crippen LogP contribution in [0.25, 0.3) is 0 Å². The first-order valence-electron chi connectivity index (χ1n) is 6.14. The fraction of sp³-hybridized carbons (Fsp3) is 0.308. The molecule has 7 heteroatoms. The Morgan fingerprint density at radius 1 is 1.25 bits per heavy atom. The van der Waals surface area contributed by atoms with Crippen LogP contribution < -0.4 is 4.72 Å². The van der Waals surface area contributed by atoms with Crippen molar-refractivity contribution in [3.8, 4) is 0 Å². The number of aryl methyl sites for hydroxylation is 1. The molecule has 1 N–H and O–H groups in total. The van der Waals surface area contributed by atoms with Gasteiger partial charge in [0.2, 0.25) is 0 Å². The Bertz CT molecular complexity index is 706. The van der Waals surface area contributed by atoms with E-state index in [0.717, 1.165) is 4.47 Å². The summed E-state index contributed by atoms with van der Waals surface area (Å²) >= 11 is 3.31. The summed E-state index contributed by atoms with van der Waals surface area (Å²) in [7, 11) is -3.62. The van der Waals surface area contributed by atoms with E-state index in [1.807, 2.05) is 13.8 Å². The topological polar surface area (TPSA) is 64.0 Å². The van der Waals surface area contributed by atoms with Crippen molar-refractivity contribution in [1.82, 2.24) is 9.78 Å². The lowest BCUT2D eigenvalue weighted by Crippen LogP contribution is -2.13. The zero-order valence-electron chi connectivity index (χ0n) is 11.5. The van der Waals surface area contributed by atoms with Crippen LogP contribution in [-0.4, -0.2) is 18.2 Å². The van der Waals surface area contributed by atoms with Crippen LogP contribution in [0.3, 0.4) is 0 Å². The second-order valence-electron chi connectivity index (χ2n) is 4.76. The minimum absolute atomic E-state index is 0.116. The normalized spacial score (nSPS) is 11.8. The van der Waals surface area contributed by atoms with Gasteiger partial charge in [0, 0.05) is 22.4 Å². The van der Waals surface area contributed by atoms with Crippen molar-refractivity contribution in [2.45, 2.75) is 31.7 Å². The maximum Gasteiger partial charge on any atom is 0.265 e. The largest absolute Gasteiger partial charge is 0.280 e. The van der Waals surface area contributed by atoms with Gasteiger partial charge in [0.1, 0.15) is 4.90 Å². The number of sulfonamides is 1.